The summed E-state index contributed by atoms with van der Waals surface area (Å²) < 4.78 is 35.2. The Hall–Kier alpha value is -5.23. The van der Waals surface area contributed by atoms with Crippen LogP contribution in [-0.4, -0.2) is 41.0 Å². The topological polar surface area (TPSA) is 107 Å². The fourth-order valence-electron chi connectivity index (χ4n) is 5.66. The minimum absolute atomic E-state index is 0.0633. The first-order valence-corrected chi connectivity index (χ1v) is 15.2. The van der Waals surface area contributed by atoms with Crippen molar-refractivity contribution in [2.24, 2.45) is 0 Å². The molecule has 0 saturated carbocycles. The quantitative estimate of drug-likeness (QED) is 0.197. The van der Waals surface area contributed by atoms with E-state index in [-0.39, 0.29) is 4.90 Å². The molecule has 11 heteroatoms. The van der Waals surface area contributed by atoms with Crippen LogP contribution in [0.5, 0.6) is 0 Å². The number of anilines is 1. The number of quaternary nitrogens is 1. The molecule has 0 N–H and O–H groups in total. The molecule has 1 aliphatic rings. The lowest BCUT2D eigenvalue weighted by Crippen LogP contribution is -2.52. The van der Waals surface area contributed by atoms with Crippen LogP contribution in [0.4, 0.5) is 21.9 Å². The standard InChI is InChI=1S/C33H27N6O4S/c1-22-6-10-27(11-7-22)44(41,42)43-39(31-13-9-26(17-23(31)2)38-16-15-35-21-38)32-28-18-24(25-5-4-14-34-19-25)8-12-29(28)36-20-30(32)37(3)33(39)40/h4-21H,1-3H3/q+1. The Morgan fingerprint density at radius 3 is 2.39 bits per heavy atom. The van der Waals surface area contributed by atoms with Crippen LogP contribution in [0.25, 0.3) is 27.7 Å². The van der Waals surface area contributed by atoms with Gasteiger partial charge >= 0.3 is 16.1 Å². The third kappa shape index (κ3) is 4.29. The molecule has 1 unspecified atom stereocenters. The molecule has 44 heavy (non-hydrogen) atoms. The highest BCUT2D eigenvalue weighted by Gasteiger charge is 2.60. The molecule has 2 amide bonds. The molecule has 6 aromatic rings. The molecule has 10 nitrogen and oxygen atoms in total. The zero-order chi connectivity index (χ0) is 30.6. The van der Waals surface area contributed by atoms with Gasteiger partial charge in [0.1, 0.15) is 5.69 Å². The van der Waals surface area contributed by atoms with Crippen molar-refractivity contribution < 1.29 is 17.5 Å². The smallest absolute Gasteiger partial charge is 0.306 e. The molecule has 0 spiro atoms. The summed E-state index contributed by atoms with van der Waals surface area (Å²) in [5.41, 5.74) is 5.71. The number of aryl methyl sites for hydroxylation is 2. The maximum Gasteiger partial charge on any atom is 0.468 e. The number of hydrogen-bond donors (Lipinski definition) is 0. The zero-order valence-corrected chi connectivity index (χ0v) is 24.9. The number of rotatable bonds is 6. The van der Waals surface area contributed by atoms with Gasteiger partial charge in [-0.15, -0.1) is 0 Å². The predicted molar refractivity (Wildman–Crippen MR) is 168 cm³/mol. The minimum Gasteiger partial charge on any atom is -0.306 e. The number of carbonyl (C=O) groups excluding carboxylic acids is 1. The highest BCUT2D eigenvalue weighted by molar-refractivity contribution is 7.86. The van der Waals surface area contributed by atoms with Crippen molar-refractivity contribution in [3.05, 3.63) is 121 Å². The van der Waals surface area contributed by atoms with Crippen molar-refractivity contribution in [3.8, 4) is 16.8 Å². The van der Waals surface area contributed by atoms with E-state index in [0.29, 0.717) is 33.5 Å². The summed E-state index contributed by atoms with van der Waals surface area (Å²) in [4.78, 5) is 28.9. The van der Waals surface area contributed by atoms with Gasteiger partial charge in [-0.3, -0.25) is 14.9 Å². The Balaban J connectivity index is 1.53. The lowest BCUT2D eigenvalue weighted by atomic mass is 10.0. The van der Waals surface area contributed by atoms with Crippen LogP contribution in [0.3, 0.4) is 0 Å². The molecule has 1 aliphatic heterocycles. The van der Waals surface area contributed by atoms with Crippen molar-refractivity contribution in [2.45, 2.75) is 18.7 Å². The Labute approximate surface area is 254 Å². The summed E-state index contributed by atoms with van der Waals surface area (Å²) in [7, 11) is -2.89. The van der Waals surface area contributed by atoms with Gasteiger partial charge in [-0.05, 0) is 70.8 Å². The van der Waals surface area contributed by atoms with E-state index in [2.05, 4.69) is 15.0 Å². The number of benzene rings is 3. The van der Waals surface area contributed by atoms with Crippen molar-refractivity contribution in [1.82, 2.24) is 24.2 Å². The predicted octanol–water partition coefficient (Wildman–Crippen LogP) is 6.63. The number of hydroxylamine groups is 1. The van der Waals surface area contributed by atoms with Crippen LogP contribution in [0.2, 0.25) is 0 Å². The van der Waals surface area contributed by atoms with Crippen LogP contribution < -0.4 is 9.55 Å². The maximum atomic E-state index is 14.6. The first kappa shape index (κ1) is 27.6. The second-order valence-electron chi connectivity index (χ2n) is 10.7. The molecule has 3 aromatic carbocycles. The van der Waals surface area contributed by atoms with Gasteiger partial charge in [0.25, 0.3) is 0 Å². The van der Waals surface area contributed by atoms with Gasteiger partial charge in [0.05, 0.1) is 28.3 Å². The molecule has 218 valence electrons. The fourth-order valence-corrected chi connectivity index (χ4v) is 6.73. The number of urea groups is 1. The van der Waals surface area contributed by atoms with Gasteiger partial charge in [-0.2, -0.15) is 8.42 Å². The summed E-state index contributed by atoms with van der Waals surface area (Å²) in [6.07, 6.45) is 10.2. The van der Waals surface area contributed by atoms with Crippen LogP contribution in [0, 0.1) is 13.8 Å². The summed E-state index contributed by atoms with van der Waals surface area (Å²) >= 11 is 0. The monoisotopic (exact) mass is 603 g/mol. The molecule has 0 fully saturated rings. The van der Waals surface area contributed by atoms with E-state index in [1.54, 1.807) is 62.6 Å². The van der Waals surface area contributed by atoms with E-state index >= 15 is 0 Å². The summed E-state index contributed by atoms with van der Waals surface area (Å²) in [5, 5.41) is 0.568. The number of fused-ring (bicyclic) bond motifs is 3. The first-order chi connectivity index (χ1) is 21.2. The Bertz CT molecular complexity index is 2170. The van der Waals surface area contributed by atoms with Crippen LogP contribution in [-0.2, 0) is 14.4 Å². The molecule has 7 rings (SSSR count). The summed E-state index contributed by atoms with van der Waals surface area (Å²) in [6.45, 7) is 3.69. The number of carbonyl (C=O) groups is 1. The van der Waals surface area contributed by atoms with Gasteiger partial charge in [-0.25, -0.2) is 9.78 Å². The van der Waals surface area contributed by atoms with Gasteiger partial charge in [0.15, 0.2) is 5.69 Å². The molecule has 3 aromatic heterocycles. The SMILES string of the molecule is Cc1ccc(S(=O)(=O)O[N+]2(c3ccc(-n4ccnc4)cc3C)C(=O)N(C)c3cnc4ccc(-c5cccnc5)cc4c32)cc1. The maximum absolute atomic E-state index is 14.6. The number of nitrogens with zero attached hydrogens (tertiary/aromatic N) is 6. The van der Waals surface area contributed by atoms with Gasteiger partial charge < -0.3 is 4.57 Å². The molecule has 4 heterocycles. The van der Waals surface area contributed by atoms with Crippen molar-refractivity contribution >= 4 is 44.1 Å². The molecular weight excluding hydrogens is 576 g/mol. The van der Waals surface area contributed by atoms with Crippen LogP contribution in [0.1, 0.15) is 11.1 Å². The van der Waals surface area contributed by atoms with Gasteiger partial charge in [0, 0.05) is 54.7 Å². The molecule has 0 aliphatic carbocycles. The Kier molecular flexibility index (Phi) is 6.39. The Morgan fingerprint density at radius 2 is 1.68 bits per heavy atom. The number of hydrogen-bond acceptors (Lipinski definition) is 7. The average molecular weight is 604 g/mol. The van der Waals surface area contributed by atoms with E-state index in [4.69, 9.17) is 4.28 Å². The third-order valence-corrected chi connectivity index (χ3v) is 9.16. The largest absolute Gasteiger partial charge is 0.468 e. The van der Waals surface area contributed by atoms with E-state index in [0.717, 1.165) is 22.4 Å². The lowest BCUT2D eigenvalue weighted by Gasteiger charge is -2.28. The van der Waals surface area contributed by atoms with Crippen LogP contribution >= 0.6 is 0 Å². The van der Waals surface area contributed by atoms with E-state index in [1.165, 1.54) is 17.0 Å². The molecule has 0 radical (unpaired) electrons. The van der Waals surface area contributed by atoms with E-state index in [9.17, 15) is 13.2 Å². The average Bonchev–Trinajstić information content (AvgIpc) is 3.64. The molecular formula is C33H27N6O4S+. The fraction of sp³-hybridized carbons (Fsp3) is 0.0909. The minimum atomic E-state index is -4.49. The first-order valence-electron chi connectivity index (χ1n) is 13.8. The summed E-state index contributed by atoms with van der Waals surface area (Å²) in [6, 6.07) is 20.6. The van der Waals surface area contributed by atoms with E-state index < -0.39 is 20.8 Å². The molecule has 0 saturated heterocycles. The summed E-state index contributed by atoms with van der Waals surface area (Å²) in [5.74, 6) is 0. The van der Waals surface area contributed by atoms with Crippen LogP contribution in [0.15, 0.2) is 115 Å². The number of pyridine rings is 2. The number of aromatic nitrogens is 4. The van der Waals surface area contributed by atoms with Crippen molar-refractivity contribution in [1.29, 1.82) is 0 Å². The van der Waals surface area contributed by atoms with Crippen molar-refractivity contribution in [2.75, 3.05) is 11.9 Å². The highest BCUT2D eigenvalue weighted by atomic mass is 32.2. The zero-order valence-electron chi connectivity index (χ0n) is 24.1. The van der Waals surface area contributed by atoms with Crippen molar-refractivity contribution in [3.63, 3.8) is 0 Å². The highest BCUT2D eigenvalue weighted by Crippen LogP contribution is 2.53. The second-order valence-corrected chi connectivity index (χ2v) is 12.2. The number of imidazole rings is 1. The second kappa shape index (κ2) is 10.2. The third-order valence-electron chi connectivity index (χ3n) is 7.89. The molecule has 1 atom stereocenters. The normalized spacial score (nSPS) is 16.4. The van der Waals surface area contributed by atoms with E-state index in [1.807, 2.05) is 60.9 Å². The van der Waals surface area contributed by atoms with Gasteiger partial charge in [-0.1, -0.05) is 29.8 Å². The Morgan fingerprint density at radius 1 is 0.864 bits per heavy atom. The lowest BCUT2D eigenvalue weighted by molar-refractivity contribution is 0.0634. The number of amides is 2. The van der Waals surface area contributed by atoms with Gasteiger partial charge in [0.2, 0.25) is 5.69 Å². The molecule has 0 bridgehead atoms.